The third-order valence-electron chi connectivity index (χ3n) is 4.90. The number of aromatic nitrogens is 1. The first kappa shape index (κ1) is 17.2. The summed E-state index contributed by atoms with van der Waals surface area (Å²) in [5, 5.41) is 9.44. The summed E-state index contributed by atoms with van der Waals surface area (Å²) >= 11 is 1.54. The number of benzene rings is 1. The van der Waals surface area contributed by atoms with Gasteiger partial charge in [-0.3, -0.25) is 9.69 Å². The fourth-order valence-electron chi connectivity index (χ4n) is 3.50. The topological polar surface area (TPSA) is 69.8 Å². The number of rotatable bonds is 5. The fourth-order valence-corrected chi connectivity index (χ4v) is 4.21. The molecule has 0 aliphatic carbocycles. The molecule has 1 saturated heterocycles. The van der Waals surface area contributed by atoms with Crippen LogP contribution in [-0.2, 0) is 6.54 Å². The fraction of sp³-hybridized carbons (Fsp3) is 0.368. The van der Waals surface area contributed by atoms with Crippen LogP contribution in [0.4, 0.5) is 0 Å². The van der Waals surface area contributed by atoms with Gasteiger partial charge in [0.1, 0.15) is 0 Å². The Morgan fingerprint density at radius 1 is 1.35 bits per heavy atom. The summed E-state index contributed by atoms with van der Waals surface area (Å²) in [5.41, 5.74) is 4.54. The van der Waals surface area contributed by atoms with Crippen molar-refractivity contribution in [3.8, 4) is 0 Å². The summed E-state index contributed by atoms with van der Waals surface area (Å²) in [5.74, 6) is 0.0474. The number of hydrogen-bond donors (Lipinski definition) is 1. The number of carbonyl (C=O) groups excluding carboxylic acids is 1. The monoisotopic (exact) mass is 371 g/mol. The van der Waals surface area contributed by atoms with Crippen LogP contribution in [0, 0.1) is 0 Å². The quantitative estimate of drug-likeness (QED) is 0.747. The van der Waals surface area contributed by atoms with Gasteiger partial charge in [-0.1, -0.05) is 0 Å². The van der Waals surface area contributed by atoms with E-state index in [-0.39, 0.29) is 18.6 Å². The van der Waals surface area contributed by atoms with Gasteiger partial charge in [0.25, 0.3) is 5.91 Å². The molecule has 6 nitrogen and oxygen atoms in total. The lowest BCUT2D eigenvalue weighted by molar-refractivity contribution is 0.0395. The maximum Gasteiger partial charge on any atom is 0.254 e. The molecule has 1 atom stereocenters. The molecule has 1 amide bonds. The summed E-state index contributed by atoms with van der Waals surface area (Å²) in [6.07, 6.45) is 4.07. The standard InChI is InChI=1S/C19H21N3O3S/c23-7-3-16-11-22(6-5-21(16)10-14-4-8-25-12-14)19(24)15-1-2-17-18(9-15)26-13-20-17/h1-2,4,8-9,12-13,16,23H,3,5-7,10-11H2/t16-/m0/s1. The Labute approximate surface area is 155 Å². The number of nitrogens with zero attached hydrogens (tertiary/aromatic N) is 3. The van der Waals surface area contributed by atoms with E-state index in [0.29, 0.717) is 25.1 Å². The average molecular weight is 371 g/mol. The molecule has 1 fully saturated rings. The first-order valence-corrected chi connectivity index (χ1v) is 9.61. The first-order chi connectivity index (χ1) is 12.7. The SMILES string of the molecule is O=C(c1ccc2ncsc2c1)N1CCN(Cc2ccoc2)[C@@H](CCO)C1. The van der Waals surface area contributed by atoms with Crippen LogP contribution in [0.5, 0.6) is 0 Å². The smallest absolute Gasteiger partial charge is 0.254 e. The van der Waals surface area contributed by atoms with Crippen LogP contribution in [-0.4, -0.2) is 58.1 Å². The highest BCUT2D eigenvalue weighted by Crippen LogP contribution is 2.22. The molecule has 1 aliphatic rings. The summed E-state index contributed by atoms with van der Waals surface area (Å²) in [4.78, 5) is 21.4. The maximum atomic E-state index is 13.0. The molecule has 136 valence electrons. The van der Waals surface area contributed by atoms with Gasteiger partial charge in [-0.15, -0.1) is 11.3 Å². The number of hydrogen-bond acceptors (Lipinski definition) is 6. The van der Waals surface area contributed by atoms with E-state index in [9.17, 15) is 9.90 Å². The minimum atomic E-state index is 0.0474. The molecule has 2 aromatic heterocycles. The number of thiazole rings is 1. The zero-order valence-corrected chi connectivity index (χ0v) is 15.2. The first-order valence-electron chi connectivity index (χ1n) is 8.73. The van der Waals surface area contributed by atoms with Gasteiger partial charge in [0.05, 0.1) is 28.3 Å². The van der Waals surface area contributed by atoms with Crippen molar-refractivity contribution in [2.45, 2.75) is 19.0 Å². The molecule has 0 bridgehead atoms. The predicted molar refractivity (Wildman–Crippen MR) is 100 cm³/mol. The Morgan fingerprint density at radius 3 is 3.08 bits per heavy atom. The van der Waals surface area contributed by atoms with Crippen molar-refractivity contribution in [3.63, 3.8) is 0 Å². The van der Waals surface area contributed by atoms with E-state index in [1.807, 2.05) is 29.2 Å². The zero-order chi connectivity index (χ0) is 17.9. The predicted octanol–water partition coefficient (Wildman–Crippen LogP) is 2.60. The molecule has 26 heavy (non-hydrogen) atoms. The zero-order valence-electron chi connectivity index (χ0n) is 14.4. The van der Waals surface area contributed by atoms with Crippen LogP contribution in [0.15, 0.2) is 46.7 Å². The minimum Gasteiger partial charge on any atom is -0.472 e. The van der Waals surface area contributed by atoms with Gasteiger partial charge in [-0.2, -0.15) is 0 Å². The molecule has 1 N–H and O–H groups in total. The van der Waals surface area contributed by atoms with E-state index < -0.39 is 0 Å². The van der Waals surface area contributed by atoms with Crippen molar-refractivity contribution in [3.05, 3.63) is 53.4 Å². The third-order valence-corrected chi connectivity index (χ3v) is 5.69. The van der Waals surface area contributed by atoms with Crippen LogP contribution in [0.2, 0.25) is 0 Å². The van der Waals surface area contributed by atoms with Crippen LogP contribution in [0.25, 0.3) is 10.2 Å². The number of furan rings is 1. The van der Waals surface area contributed by atoms with E-state index >= 15 is 0 Å². The molecular weight excluding hydrogens is 350 g/mol. The van der Waals surface area contributed by atoms with Gasteiger partial charge >= 0.3 is 0 Å². The number of aliphatic hydroxyl groups excluding tert-OH is 1. The Morgan fingerprint density at radius 2 is 2.27 bits per heavy atom. The van der Waals surface area contributed by atoms with E-state index in [1.54, 1.807) is 29.4 Å². The Hall–Kier alpha value is -2.22. The van der Waals surface area contributed by atoms with Crippen LogP contribution < -0.4 is 0 Å². The Balaban J connectivity index is 1.48. The molecule has 4 rings (SSSR count). The van der Waals surface area contributed by atoms with E-state index in [0.717, 1.165) is 28.9 Å². The average Bonchev–Trinajstić information content (AvgIpc) is 3.33. The highest BCUT2D eigenvalue weighted by Gasteiger charge is 2.30. The van der Waals surface area contributed by atoms with Gasteiger partial charge < -0.3 is 14.4 Å². The van der Waals surface area contributed by atoms with E-state index in [4.69, 9.17) is 4.42 Å². The van der Waals surface area contributed by atoms with Crippen LogP contribution in [0.3, 0.4) is 0 Å². The van der Waals surface area contributed by atoms with Crippen LogP contribution >= 0.6 is 11.3 Å². The van der Waals surface area contributed by atoms with Gasteiger partial charge in [0.15, 0.2) is 0 Å². The highest BCUT2D eigenvalue weighted by molar-refractivity contribution is 7.16. The number of aliphatic hydroxyl groups is 1. The lowest BCUT2D eigenvalue weighted by Crippen LogP contribution is -2.54. The second-order valence-electron chi connectivity index (χ2n) is 6.55. The van der Waals surface area contributed by atoms with Crippen molar-refractivity contribution in [1.82, 2.24) is 14.8 Å². The van der Waals surface area contributed by atoms with Crippen molar-refractivity contribution < 1.29 is 14.3 Å². The maximum absolute atomic E-state index is 13.0. The highest BCUT2D eigenvalue weighted by atomic mass is 32.1. The molecule has 0 radical (unpaired) electrons. The Kier molecular flexibility index (Phi) is 5.01. The van der Waals surface area contributed by atoms with E-state index in [2.05, 4.69) is 9.88 Å². The number of carbonyl (C=O) groups is 1. The van der Waals surface area contributed by atoms with Crippen molar-refractivity contribution in [1.29, 1.82) is 0 Å². The molecule has 1 aromatic carbocycles. The molecule has 3 aromatic rings. The van der Waals surface area contributed by atoms with Crippen molar-refractivity contribution in [2.75, 3.05) is 26.2 Å². The van der Waals surface area contributed by atoms with Gasteiger partial charge in [-0.05, 0) is 30.7 Å². The largest absolute Gasteiger partial charge is 0.472 e. The molecule has 0 spiro atoms. The second-order valence-corrected chi connectivity index (χ2v) is 7.44. The second kappa shape index (κ2) is 7.57. The molecule has 3 heterocycles. The van der Waals surface area contributed by atoms with Gasteiger partial charge in [0.2, 0.25) is 0 Å². The van der Waals surface area contributed by atoms with Crippen LogP contribution in [0.1, 0.15) is 22.3 Å². The molecular formula is C19H21N3O3S. The third kappa shape index (κ3) is 3.51. The van der Waals surface area contributed by atoms with Gasteiger partial charge in [0, 0.05) is 50.0 Å². The number of piperazine rings is 1. The summed E-state index contributed by atoms with van der Waals surface area (Å²) in [6, 6.07) is 7.77. The summed E-state index contributed by atoms with van der Waals surface area (Å²) in [7, 11) is 0. The van der Waals surface area contributed by atoms with Crippen molar-refractivity contribution in [2.24, 2.45) is 0 Å². The molecule has 1 aliphatic heterocycles. The number of amides is 1. The normalized spacial score (nSPS) is 18.5. The molecule has 7 heteroatoms. The number of fused-ring (bicyclic) bond motifs is 1. The minimum absolute atomic E-state index is 0.0474. The Bertz CT molecular complexity index is 877. The van der Waals surface area contributed by atoms with Crippen molar-refractivity contribution >= 4 is 27.5 Å². The molecule has 0 saturated carbocycles. The van der Waals surface area contributed by atoms with Gasteiger partial charge in [-0.25, -0.2) is 4.98 Å². The summed E-state index contributed by atoms with van der Waals surface area (Å²) < 4.78 is 6.18. The summed E-state index contributed by atoms with van der Waals surface area (Å²) in [6.45, 7) is 2.97. The lowest BCUT2D eigenvalue weighted by atomic mass is 10.1. The lowest BCUT2D eigenvalue weighted by Gasteiger charge is -2.41. The molecule has 0 unspecified atom stereocenters. The van der Waals surface area contributed by atoms with E-state index in [1.165, 1.54) is 0 Å².